The van der Waals surface area contributed by atoms with E-state index in [0.29, 0.717) is 23.7 Å². The van der Waals surface area contributed by atoms with Gasteiger partial charge in [-0.1, -0.05) is 28.1 Å². The van der Waals surface area contributed by atoms with Gasteiger partial charge in [0.2, 0.25) is 11.8 Å². The third kappa shape index (κ3) is 2.11. The van der Waals surface area contributed by atoms with Crippen molar-refractivity contribution in [1.82, 2.24) is 4.90 Å². The zero-order valence-electron chi connectivity index (χ0n) is 14.3. The molecule has 0 radical (unpaired) electrons. The molecule has 2 saturated carbocycles. The summed E-state index contributed by atoms with van der Waals surface area (Å²) in [4.78, 5) is 27.3. The third-order valence-corrected chi connectivity index (χ3v) is 7.88. The molecule has 1 aliphatic heterocycles. The van der Waals surface area contributed by atoms with Crippen LogP contribution in [-0.4, -0.2) is 23.4 Å². The van der Waals surface area contributed by atoms with E-state index in [9.17, 15) is 9.59 Å². The minimum absolute atomic E-state index is 0.0257. The minimum atomic E-state index is -0.110. The highest BCUT2D eigenvalue weighted by Crippen LogP contribution is 2.65. The standard InChI is InChI=1S/C20H21BrN2O2/c1-9-5-11(6-10(2)18(9)21)22-8-23-19(24)16-12-3-4-13(15-7-14(12)15)17(16)20(23)25/h3-6,12-17,22H,7-8H2,1-2H3/t12-,13-,14-,15+,16+,17+/m0/s1. The molecule has 0 aromatic heterocycles. The van der Waals surface area contributed by atoms with Crippen LogP contribution < -0.4 is 5.32 Å². The van der Waals surface area contributed by atoms with E-state index >= 15 is 0 Å². The number of carbonyl (C=O) groups is 2. The monoisotopic (exact) mass is 400 g/mol. The van der Waals surface area contributed by atoms with Gasteiger partial charge in [0, 0.05) is 10.2 Å². The van der Waals surface area contributed by atoms with Crippen molar-refractivity contribution in [3.63, 3.8) is 0 Å². The predicted octanol–water partition coefficient (Wildman–Crippen LogP) is 3.49. The normalized spacial score (nSPS) is 37.3. The molecular weight excluding hydrogens is 380 g/mol. The van der Waals surface area contributed by atoms with Gasteiger partial charge in [0.25, 0.3) is 0 Å². The summed E-state index contributed by atoms with van der Waals surface area (Å²) in [6, 6.07) is 4.07. The lowest BCUT2D eigenvalue weighted by Crippen LogP contribution is -2.40. The SMILES string of the molecule is Cc1cc(NCN2C(=O)[C@@H]3[C@H]4C=C[C@@H]([C@@H]5C[C@H]45)[C@H]3C2=O)cc(C)c1Br. The Morgan fingerprint density at radius 2 is 1.56 bits per heavy atom. The predicted molar refractivity (Wildman–Crippen MR) is 98.7 cm³/mol. The van der Waals surface area contributed by atoms with Gasteiger partial charge in [0.05, 0.1) is 18.5 Å². The summed E-state index contributed by atoms with van der Waals surface area (Å²) < 4.78 is 1.10. The number of carbonyl (C=O) groups excluding carboxylic acids is 2. The van der Waals surface area contributed by atoms with Crippen LogP contribution in [0.25, 0.3) is 0 Å². The molecule has 5 heteroatoms. The first kappa shape index (κ1) is 15.6. The van der Waals surface area contributed by atoms with Gasteiger partial charge < -0.3 is 5.32 Å². The molecule has 1 heterocycles. The van der Waals surface area contributed by atoms with Crippen molar-refractivity contribution in [2.75, 3.05) is 12.0 Å². The van der Waals surface area contributed by atoms with Crippen LogP contribution in [0.4, 0.5) is 5.69 Å². The molecule has 1 saturated heterocycles. The highest BCUT2D eigenvalue weighted by Gasteiger charge is 2.66. The zero-order valence-corrected chi connectivity index (χ0v) is 15.9. The molecule has 4 aliphatic carbocycles. The van der Waals surface area contributed by atoms with Crippen molar-refractivity contribution in [3.05, 3.63) is 39.9 Å². The Balaban J connectivity index is 1.36. The fraction of sp³-hybridized carbons (Fsp3) is 0.500. The number of aryl methyl sites for hydroxylation is 2. The maximum atomic E-state index is 12.9. The number of hydrogen-bond donors (Lipinski definition) is 1. The molecular formula is C20H21BrN2O2. The van der Waals surface area contributed by atoms with E-state index in [1.807, 2.05) is 26.0 Å². The Morgan fingerprint density at radius 1 is 1.04 bits per heavy atom. The summed E-state index contributed by atoms with van der Waals surface area (Å²) in [5.41, 5.74) is 3.22. The Labute approximate surface area is 155 Å². The molecule has 2 bridgehead atoms. The van der Waals surface area contributed by atoms with Crippen molar-refractivity contribution in [2.24, 2.45) is 35.5 Å². The Morgan fingerprint density at radius 3 is 2.08 bits per heavy atom. The van der Waals surface area contributed by atoms with Gasteiger partial charge in [0.1, 0.15) is 0 Å². The molecule has 0 unspecified atom stereocenters. The quantitative estimate of drug-likeness (QED) is 0.623. The summed E-state index contributed by atoms with van der Waals surface area (Å²) in [7, 11) is 0. The number of nitrogens with one attached hydrogen (secondary N) is 1. The second kappa shape index (κ2) is 5.19. The van der Waals surface area contributed by atoms with E-state index in [0.717, 1.165) is 21.3 Å². The average Bonchev–Trinajstić information content (AvgIpc) is 3.37. The van der Waals surface area contributed by atoms with E-state index in [4.69, 9.17) is 0 Å². The van der Waals surface area contributed by atoms with E-state index < -0.39 is 0 Å². The van der Waals surface area contributed by atoms with Gasteiger partial charge in [-0.15, -0.1) is 0 Å². The lowest BCUT2D eigenvalue weighted by Gasteiger charge is -2.37. The van der Waals surface area contributed by atoms with Crippen LogP contribution in [-0.2, 0) is 9.59 Å². The zero-order chi connectivity index (χ0) is 17.5. The van der Waals surface area contributed by atoms with Crippen molar-refractivity contribution < 1.29 is 9.59 Å². The van der Waals surface area contributed by atoms with Gasteiger partial charge in [-0.05, 0) is 67.2 Å². The van der Waals surface area contributed by atoms with Crippen LogP contribution >= 0.6 is 15.9 Å². The number of anilines is 1. The first-order valence-corrected chi connectivity index (χ1v) is 9.81. The third-order valence-electron chi connectivity index (χ3n) is 6.63. The summed E-state index contributed by atoms with van der Waals surface area (Å²) in [5.74, 6) is 1.71. The van der Waals surface area contributed by atoms with Gasteiger partial charge in [-0.3, -0.25) is 14.5 Å². The highest BCUT2D eigenvalue weighted by atomic mass is 79.9. The first-order chi connectivity index (χ1) is 12.0. The lowest BCUT2D eigenvalue weighted by atomic mass is 9.63. The van der Waals surface area contributed by atoms with Crippen LogP contribution in [0.3, 0.4) is 0 Å². The Hall–Kier alpha value is -1.62. The molecule has 3 fully saturated rings. The number of halogens is 1. The van der Waals surface area contributed by atoms with Crippen molar-refractivity contribution >= 4 is 33.4 Å². The van der Waals surface area contributed by atoms with Gasteiger partial charge >= 0.3 is 0 Å². The summed E-state index contributed by atoms with van der Waals surface area (Å²) in [6.07, 6.45) is 5.62. The number of benzene rings is 1. The van der Waals surface area contributed by atoms with E-state index in [2.05, 4.69) is 33.4 Å². The van der Waals surface area contributed by atoms with Gasteiger partial charge in [-0.25, -0.2) is 0 Å². The van der Waals surface area contributed by atoms with Crippen molar-refractivity contribution in [2.45, 2.75) is 20.3 Å². The molecule has 0 spiro atoms. The highest BCUT2D eigenvalue weighted by molar-refractivity contribution is 9.10. The number of amides is 2. The van der Waals surface area contributed by atoms with E-state index in [1.54, 1.807) is 0 Å². The van der Waals surface area contributed by atoms with E-state index in [-0.39, 0.29) is 30.3 Å². The molecule has 6 atom stereocenters. The molecule has 25 heavy (non-hydrogen) atoms. The summed E-state index contributed by atoms with van der Waals surface area (Å²) in [6.45, 7) is 4.34. The number of likely N-dealkylation sites (tertiary alicyclic amines) is 1. The lowest BCUT2D eigenvalue weighted by molar-refractivity contribution is -0.139. The molecule has 5 aliphatic rings. The summed E-state index contributed by atoms with van der Waals surface area (Å²) >= 11 is 3.57. The van der Waals surface area contributed by atoms with Crippen LogP contribution in [0.15, 0.2) is 28.8 Å². The fourth-order valence-electron chi connectivity index (χ4n) is 5.39. The molecule has 6 rings (SSSR count). The van der Waals surface area contributed by atoms with Crippen LogP contribution in [0.1, 0.15) is 17.5 Å². The number of rotatable bonds is 3. The molecule has 2 amide bonds. The van der Waals surface area contributed by atoms with E-state index in [1.165, 1.54) is 11.3 Å². The van der Waals surface area contributed by atoms with Crippen LogP contribution in [0, 0.1) is 49.4 Å². The molecule has 1 aromatic carbocycles. The number of allylic oxidation sites excluding steroid dienone is 2. The minimum Gasteiger partial charge on any atom is -0.367 e. The first-order valence-electron chi connectivity index (χ1n) is 9.01. The fourth-order valence-corrected chi connectivity index (χ4v) is 5.62. The Kier molecular flexibility index (Phi) is 3.25. The smallest absolute Gasteiger partial charge is 0.235 e. The summed E-state index contributed by atoms with van der Waals surface area (Å²) in [5, 5.41) is 3.28. The molecule has 1 aromatic rings. The number of imide groups is 1. The van der Waals surface area contributed by atoms with Gasteiger partial charge in [-0.2, -0.15) is 0 Å². The molecule has 1 N–H and O–H groups in total. The molecule has 130 valence electrons. The maximum Gasteiger partial charge on any atom is 0.235 e. The van der Waals surface area contributed by atoms with Gasteiger partial charge in [0.15, 0.2) is 0 Å². The molecule has 4 nitrogen and oxygen atoms in total. The number of hydrogen-bond acceptors (Lipinski definition) is 3. The Bertz CT molecular complexity index is 774. The van der Waals surface area contributed by atoms with Crippen molar-refractivity contribution in [1.29, 1.82) is 0 Å². The topological polar surface area (TPSA) is 49.4 Å². The second-order valence-corrected chi connectivity index (χ2v) is 8.81. The maximum absolute atomic E-state index is 12.9. The van der Waals surface area contributed by atoms with Crippen molar-refractivity contribution in [3.8, 4) is 0 Å². The largest absolute Gasteiger partial charge is 0.367 e. The second-order valence-electron chi connectivity index (χ2n) is 8.02. The van der Waals surface area contributed by atoms with Crippen LogP contribution in [0.2, 0.25) is 0 Å². The average molecular weight is 401 g/mol. The number of nitrogens with zero attached hydrogens (tertiary/aromatic N) is 1. The van der Waals surface area contributed by atoms with Crippen LogP contribution in [0.5, 0.6) is 0 Å².